The van der Waals surface area contributed by atoms with Gasteiger partial charge in [0.15, 0.2) is 11.4 Å². The Bertz CT molecular complexity index is 633. The van der Waals surface area contributed by atoms with Crippen LogP contribution in [0.3, 0.4) is 0 Å². The Kier molecular flexibility index (Phi) is 1.84. The van der Waals surface area contributed by atoms with Crippen LogP contribution < -0.4 is 0 Å². The van der Waals surface area contributed by atoms with Crippen molar-refractivity contribution in [2.75, 3.05) is 0 Å². The third-order valence-corrected chi connectivity index (χ3v) is 3.90. The first-order valence-corrected chi connectivity index (χ1v) is 6.17. The van der Waals surface area contributed by atoms with Crippen molar-refractivity contribution in [2.24, 2.45) is 0 Å². The Labute approximate surface area is 105 Å². The van der Waals surface area contributed by atoms with Crippen molar-refractivity contribution in [2.45, 2.75) is 18.1 Å². The first kappa shape index (κ1) is 10.0. The van der Waals surface area contributed by atoms with Crippen molar-refractivity contribution in [1.82, 2.24) is 0 Å². The van der Waals surface area contributed by atoms with Crippen LogP contribution in [0.5, 0.6) is 0 Å². The molecule has 0 radical (unpaired) electrons. The molecule has 0 unspecified atom stereocenters. The molecule has 2 heteroatoms. The van der Waals surface area contributed by atoms with E-state index in [1.165, 1.54) is 0 Å². The lowest BCUT2D eigenvalue weighted by molar-refractivity contribution is 0.0894. The minimum atomic E-state index is -0.606. The lowest BCUT2D eigenvalue weighted by Gasteiger charge is -2.00. The summed E-state index contributed by atoms with van der Waals surface area (Å²) in [6.07, 6.45) is 0.639. The molecule has 1 spiro atoms. The van der Waals surface area contributed by atoms with Gasteiger partial charge in [-0.05, 0) is 11.1 Å². The van der Waals surface area contributed by atoms with E-state index in [1.54, 1.807) is 0 Å². The summed E-state index contributed by atoms with van der Waals surface area (Å²) in [5.74, 6) is 0.145. The van der Waals surface area contributed by atoms with Gasteiger partial charge in [0, 0.05) is 12.0 Å². The Hall–Kier alpha value is -1.93. The molecule has 0 N–H and O–H groups in total. The largest absolute Gasteiger partial charge is 0.352 e. The highest BCUT2D eigenvalue weighted by molar-refractivity contribution is 6.09. The minimum Gasteiger partial charge on any atom is -0.352 e. The van der Waals surface area contributed by atoms with Crippen LogP contribution in [0.1, 0.15) is 27.6 Å². The lowest BCUT2D eigenvalue weighted by atomic mass is 9.96. The summed E-state index contributed by atoms with van der Waals surface area (Å²) in [7, 11) is 0. The van der Waals surface area contributed by atoms with Gasteiger partial charge in [-0.15, -0.1) is 0 Å². The van der Waals surface area contributed by atoms with Crippen LogP contribution in [0.4, 0.5) is 0 Å². The topological polar surface area (TPSA) is 29.6 Å². The average molecular weight is 236 g/mol. The second-order valence-corrected chi connectivity index (χ2v) is 4.96. The molecule has 4 rings (SSSR count). The molecular weight excluding hydrogens is 224 g/mol. The Balaban J connectivity index is 1.73. The second-order valence-electron chi connectivity index (χ2n) is 4.96. The van der Waals surface area contributed by atoms with Gasteiger partial charge in [0.05, 0.1) is 0 Å². The van der Waals surface area contributed by atoms with Crippen LogP contribution in [-0.4, -0.2) is 11.4 Å². The van der Waals surface area contributed by atoms with E-state index in [4.69, 9.17) is 4.74 Å². The molecule has 0 saturated carbocycles. The number of epoxide rings is 1. The van der Waals surface area contributed by atoms with Gasteiger partial charge in [-0.2, -0.15) is 0 Å². The number of carbonyl (C=O) groups excluding carboxylic acids is 1. The van der Waals surface area contributed by atoms with Crippen LogP contribution in [0.25, 0.3) is 0 Å². The summed E-state index contributed by atoms with van der Waals surface area (Å²) in [5.41, 5.74) is 2.43. The Morgan fingerprint density at radius 3 is 2.50 bits per heavy atom. The molecule has 18 heavy (non-hydrogen) atoms. The maximum atomic E-state index is 12.4. The summed E-state index contributed by atoms with van der Waals surface area (Å²) in [5, 5.41) is 0. The number of carbonyl (C=O) groups is 1. The number of benzene rings is 2. The van der Waals surface area contributed by atoms with E-state index in [9.17, 15) is 4.79 Å². The molecule has 2 nitrogen and oxygen atoms in total. The molecule has 2 aliphatic rings. The first-order valence-electron chi connectivity index (χ1n) is 6.17. The number of Topliss-reactive ketones (excluding diaryl/α,β-unsaturated/α-hetero) is 1. The van der Waals surface area contributed by atoms with E-state index >= 15 is 0 Å². The SMILES string of the molecule is O=C1c2ccccc2C[C@]12O[C@H]2c1ccccc1. The lowest BCUT2D eigenvalue weighted by Crippen LogP contribution is -2.20. The van der Waals surface area contributed by atoms with Gasteiger partial charge in [0.25, 0.3) is 0 Å². The molecule has 1 aliphatic heterocycles. The zero-order chi connectivity index (χ0) is 12.2. The molecule has 0 aromatic heterocycles. The van der Waals surface area contributed by atoms with E-state index in [1.807, 2.05) is 54.6 Å². The monoisotopic (exact) mass is 236 g/mol. The van der Waals surface area contributed by atoms with E-state index in [0.717, 1.165) is 16.7 Å². The van der Waals surface area contributed by atoms with Gasteiger partial charge in [-0.3, -0.25) is 4.79 Å². The normalized spacial score (nSPS) is 28.4. The van der Waals surface area contributed by atoms with Gasteiger partial charge >= 0.3 is 0 Å². The predicted octanol–water partition coefficient (Wildman–Crippen LogP) is 2.94. The first-order chi connectivity index (χ1) is 8.81. The smallest absolute Gasteiger partial charge is 0.198 e. The molecular formula is C16H12O2. The summed E-state index contributed by atoms with van der Waals surface area (Å²) in [4.78, 5) is 12.4. The summed E-state index contributed by atoms with van der Waals surface area (Å²) in [6.45, 7) is 0. The van der Waals surface area contributed by atoms with Gasteiger partial charge in [-0.1, -0.05) is 54.6 Å². The fraction of sp³-hybridized carbons (Fsp3) is 0.188. The quantitative estimate of drug-likeness (QED) is 0.712. The van der Waals surface area contributed by atoms with E-state index in [0.29, 0.717) is 6.42 Å². The molecule has 0 bridgehead atoms. The highest BCUT2D eigenvalue weighted by atomic mass is 16.6. The molecule has 1 heterocycles. The van der Waals surface area contributed by atoms with Crippen molar-refractivity contribution in [3.05, 3.63) is 71.3 Å². The summed E-state index contributed by atoms with van der Waals surface area (Å²) >= 11 is 0. The number of hydrogen-bond acceptors (Lipinski definition) is 2. The highest BCUT2D eigenvalue weighted by Gasteiger charge is 2.65. The van der Waals surface area contributed by atoms with Crippen LogP contribution in [0.2, 0.25) is 0 Å². The number of ether oxygens (including phenoxy) is 1. The minimum absolute atomic E-state index is 0.0707. The number of ketones is 1. The zero-order valence-corrected chi connectivity index (χ0v) is 9.80. The number of rotatable bonds is 1. The third-order valence-electron chi connectivity index (χ3n) is 3.90. The standard InChI is InChI=1S/C16H12O2/c17-14-13-9-5-4-8-12(13)10-16(14)15(18-16)11-6-2-1-3-7-11/h1-9,15H,10H2/t15-,16-/m0/s1. The molecule has 88 valence electrons. The second kappa shape index (κ2) is 3.30. The molecule has 1 saturated heterocycles. The van der Waals surface area contributed by atoms with E-state index in [-0.39, 0.29) is 11.9 Å². The summed E-state index contributed by atoms with van der Waals surface area (Å²) < 4.78 is 5.80. The maximum absolute atomic E-state index is 12.4. The van der Waals surface area contributed by atoms with Crippen molar-refractivity contribution < 1.29 is 9.53 Å². The summed E-state index contributed by atoms with van der Waals surface area (Å²) in [6, 6.07) is 17.8. The maximum Gasteiger partial charge on any atom is 0.198 e. The predicted molar refractivity (Wildman–Crippen MR) is 67.5 cm³/mol. The van der Waals surface area contributed by atoms with Crippen molar-refractivity contribution in [3.63, 3.8) is 0 Å². The molecule has 2 aromatic carbocycles. The fourth-order valence-corrected chi connectivity index (χ4v) is 2.94. The average Bonchev–Trinajstić information content (AvgIpc) is 3.08. The van der Waals surface area contributed by atoms with Crippen molar-refractivity contribution in [3.8, 4) is 0 Å². The van der Waals surface area contributed by atoms with Crippen LogP contribution in [-0.2, 0) is 11.2 Å². The Morgan fingerprint density at radius 1 is 1.00 bits per heavy atom. The zero-order valence-electron chi connectivity index (χ0n) is 9.80. The number of hydrogen-bond donors (Lipinski definition) is 0. The fourth-order valence-electron chi connectivity index (χ4n) is 2.94. The molecule has 2 aromatic rings. The highest BCUT2D eigenvalue weighted by Crippen LogP contribution is 2.56. The molecule has 2 atom stereocenters. The van der Waals surface area contributed by atoms with Crippen molar-refractivity contribution in [1.29, 1.82) is 0 Å². The van der Waals surface area contributed by atoms with Crippen molar-refractivity contribution >= 4 is 5.78 Å². The van der Waals surface area contributed by atoms with E-state index < -0.39 is 5.60 Å². The van der Waals surface area contributed by atoms with Gasteiger partial charge in [-0.25, -0.2) is 0 Å². The van der Waals surface area contributed by atoms with E-state index in [2.05, 4.69) is 0 Å². The Morgan fingerprint density at radius 2 is 1.72 bits per heavy atom. The number of fused-ring (bicyclic) bond motifs is 1. The van der Waals surface area contributed by atoms with Gasteiger partial charge < -0.3 is 4.74 Å². The van der Waals surface area contributed by atoms with Crippen LogP contribution in [0, 0.1) is 0 Å². The van der Waals surface area contributed by atoms with Crippen LogP contribution >= 0.6 is 0 Å². The van der Waals surface area contributed by atoms with Gasteiger partial charge in [0.1, 0.15) is 6.10 Å². The molecule has 0 amide bonds. The van der Waals surface area contributed by atoms with Gasteiger partial charge in [0.2, 0.25) is 0 Å². The van der Waals surface area contributed by atoms with Crippen LogP contribution in [0.15, 0.2) is 54.6 Å². The molecule has 1 fully saturated rings. The molecule has 1 aliphatic carbocycles. The third kappa shape index (κ3) is 1.18.